The van der Waals surface area contributed by atoms with Gasteiger partial charge in [0.2, 0.25) is 0 Å². The molecule has 8 heteroatoms. The summed E-state index contributed by atoms with van der Waals surface area (Å²) in [6.45, 7) is 6.67. The van der Waals surface area contributed by atoms with Gasteiger partial charge >= 0.3 is 5.69 Å². The summed E-state index contributed by atoms with van der Waals surface area (Å²) in [5, 5.41) is 0.806. The molecule has 1 atom stereocenters. The van der Waals surface area contributed by atoms with Crippen molar-refractivity contribution in [2.45, 2.75) is 23.9 Å². The van der Waals surface area contributed by atoms with E-state index in [0.29, 0.717) is 29.5 Å². The number of hydrogen-bond acceptors (Lipinski definition) is 5. The molecule has 2 rings (SSSR count). The summed E-state index contributed by atoms with van der Waals surface area (Å²) in [4.78, 5) is 30.5. The molecule has 0 saturated heterocycles. The minimum absolute atomic E-state index is 0.138. The average molecular weight is 310 g/mol. The topological polar surface area (TPSA) is 81.9 Å². The summed E-state index contributed by atoms with van der Waals surface area (Å²) in [5.41, 5.74) is -0.154. The van der Waals surface area contributed by atoms with Crippen LogP contribution in [-0.4, -0.2) is 38.1 Å². The fraction of sp³-hybridized carbons (Fsp3) is 0.462. The van der Waals surface area contributed by atoms with Crippen molar-refractivity contribution < 1.29 is 4.74 Å². The molecule has 0 aliphatic rings. The van der Waals surface area contributed by atoms with Crippen LogP contribution in [0.15, 0.2) is 27.4 Å². The predicted molar refractivity (Wildman–Crippen MR) is 83.0 cm³/mol. The number of aromatic amines is 1. The fourth-order valence-corrected chi connectivity index (χ4v) is 2.79. The van der Waals surface area contributed by atoms with Gasteiger partial charge in [0.1, 0.15) is 0 Å². The summed E-state index contributed by atoms with van der Waals surface area (Å²) >= 11 is 1.48. The highest BCUT2D eigenvalue weighted by molar-refractivity contribution is 7.99. The third-order valence-electron chi connectivity index (χ3n) is 3.11. The van der Waals surface area contributed by atoms with Gasteiger partial charge in [0.05, 0.1) is 6.61 Å². The molecule has 0 aromatic carbocycles. The van der Waals surface area contributed by atoms with E-state index in [9.17, 15) is 9.59 Å². The van der Waals surface area contributed by atoms with Gasteiger partial charge in [0.15, 0.2) is 16.3 Å². The summed E-state index contributed by atoms with van der Waals surface area (Å²) in [7, 11) is 3.18. The zero-order chi connectivity index (χ0) is 15.6. The van der Waals surface area contributed by atoms with Crippen molar-refractivity contribution in [3.8, 4) is 0 Å². The van der Waals surface area contributed by atoms with Crippen molar-refractivity contribution in [3.63, 3.8) is 0 Å². The Bertz CT molecular complexity index is 774. The number of rotatable bonds is 6. The van der Waals surface area contributed by atoms with Crippen LogP contribution < -0.4 is 11.2 Å². The van der Waals surface area contributed by atoms with Gasteiger partial charge in [-0.1, -0.05) is 17.8 Å². The van der Waals surface area contributed by atoms with Gasteiger partial charge in [-0.05, 0) is 6.92 Å². The van der Waals surface area contributed by atoms with Crippen molar-refractivity contribution in [3.05, 3.63) is 33.5 Å². The Hall–Kier alpha value is -1.80. The molecule has 0 radical (unpaired) electrons. The Morgan fingerprint density at radius 1 is 1.52 bits per heavy atom. The molecule has 0 aliphatic carbocycles. The number of methoxy groups -OCH3 is 1. The molecule has 21 heavy (non-hydrogen) atoms. The molecule has 0 bridgehead atoms. The normalized spacial score (nSPS) is 12.7. The first-order chi connectivity index (χ1) is 9.99. The minimum atomic E-state index is -0.475. The van der Waals surface area contributed by atoms with Crippen molar-refractivity contribution in [2.75, 3.05) is 13.7 Å². The lowest BCUT2D eigenvalue weighted by Gasteiger charge is -2.09. The Morgan fingerprint density at radius 2 is 2.24 bits per heavy atom. The monoisotopic (exact) mass is 310 g/mol. The lowest BCUT2D eigenvalue weighted by atomic mass is 10.5. The fourth-order valence-electron chi connectivity index (χ4n) is 1.91. The molecule has 2 aromatic rings. The number of fused-ring (bicyclic) bond motifs is 1. The van der Waals surface area contributed by atoms with E-state index in [0.717, 1.165) is 0 Å². The Morgan fingerprint density at radius 3 is 2.86 bits per heavy atom. The SMILES string of the molecule is C=CC(C)Sc1nc2c(c(=O)[nH]c(=O)n2C)n1CCOC. The lowest BCUT2D eigenvalue weighted by Crippen LogP contribution is -2.29. The van der Waals surface area contributed by atoms with E-state index in [1.54, 1.807) is 24.8 Å². The zero-order valence-electron chi connectivity index (χ0n) is 12.3. The lowest BCUT2D eigenvalue weighted by molar-refractivity contribution is 0.186. The van der Waals surface area contributed by atoms with E-state index in [4.69, 9.17) is 4.74 Å². The van der Waals surface area contributed by atoms with Crippen molar-refractivity contribution in [1.82, 2.24) is 19.1 Å². The molecule has 114 valence electrons. The molecule has 1 unspecified atom stereocenters. The molecule has 0 saturated carbocycles. The maximum atomic E-state index is 12.1. The number of nitrogens with zero attached hydrogens (tertiary/aromatic N) is 3. The highest BCUT2D eigenvalue weighted by atomic mass is 32.2. The third kappa shape index (κ3) is 2.96. The van der Waals surface area contributed by atoms with Crippen molar-refractivity contribution >= 4 is 22.9 Å². The second-order valence-electron chi connectivity index (χ2n) is 4.59. The number of thioether (sulfide) groups is 1. The largest absolute Gasteiger partial charge is 0.383 e. The Balaban J connectivity index is 2.69. The van der Waals surface area contributed by atoms with Crippen LogP contribution in [0.25, 0.3) is 11.2 Å². The van der Waals surface area contributed by atoms with Gasteiger partial charge in [0.25, 0.3) is 5.56 Å². The molecule has 0 aliphatic heterocycles. The first kappa shape index (κ1) is 15.6. The van der Waals surface area contributed by atoms with E-state index in [-0.39, 0.29) is 5.25 Å². The maximum Gasteiger partial charge on any atom is 0.329 e. The second-order valence-corrected chi connectivity index (χ2v) is 5.93. The van der Waals surface area contributed by atoms with Crippen LogP contribution in [0.3, 0.4) is 0 Å². The Labute approximate surface area is 125 Å². The first-order valence-electron chi connectivity index (χ1n) is 6.47. The van der Waals surface area contributed by atoms with Crippen LogP contribution in [0, 0.1) is 0 Å². The molecule has 0 amide bonds. The summed E-state index contributed by atoms with van der Waals surface area (Å²) in [6.07, 6.45) is 1.80. The van der Waals surface area contributed by atoms with Gasteiger partial charge in [0, 0.05) is 26.0 Å². The predicted octanol–water partition coefficient (Wildman–Crippen LogP) is 0.736. The van der Waals surface area contributed by atoms with Gasteiger partial charge in [-0.15, -0.1) is 6.58 Å². The average Bonchev–Trinajstić information content (AvgIpc) is 2.81. The van der Waals surface area contributed by atoms with Gasteiger partial charge in [-0.3, -0.25) is 14.3 Å². The molecule has 2 heterocycles. The van der Waals surface area contributed by atoms with Crippen LogP contribution in [0.1, 0.15) is 6.92 Å². The molecular formula is C13H18N4O3S. The number of ether oxygens (including phenoxy) is 1. The number of aromatic nitrogens is 4. The van der Waals surface area contributed by atoms with Gasteiger partial charge in [-0.2, -0.15) is 0 Å². The van der Waals surface area contributed by atoms with Gasteiger partial charge in [-0.25, -0.2) is 9.78 Å². The molecule has 7 nitrogen and oxygen atoms in total. The van der Waals surface area contributed by atoms with E-state index >= 15 is 0 Å². The summed E-state index contributed by atoms with van der Waals surface area (Å²) in [5.74, 6) is 0. The number of H-pyrrole nitrogens is 1. The maximum absolute atomic E-state index is 12.1. The number of imidazole rings is 1. The third-order valence-corrected chi connectivity index (χ3v) is 4.20. The van der Waals surface area contributed by atoms with Crippen LogP contribution >= 0.6 is 11.8 Å². The van der Waals surface area contributed by atoms with Crippen LogP contribution in [-0.2, 0) is 18.3 Å². The van der Waals surface area contributed by atoms with Crippen LogP contribution in [0.5, 0.6) is 0 Å². The van der Waals surface area contributed by atoms with E-state index in [2.05, 4.69) is 16.5 Å². The van der Waals surface area contributed by atoms with Crippen molar-refractivity contribution in [1.29, 1.82) is 0 Å². The van der Waals surface area contributed by atoms with E-state index in [1.165, 1.54) is 16.3 Å². The second kappa shape index (κ2) is 6.31. The molecule has 0 spiro atoms. The smallest absolute Gasteiger partial charge is 0.329 e. The van der Waals surface area contributed by atoms with Crippen LogP contribution in [0.2, 0.25) is 0 Å². The van der Waals surface area contributed by atoms with E-state index < -0.39 is 11.2 Å². The number of aryl methyl sites for hydroxylation is 1. The first-order valence-corrected chi connectivity index (χ1v) is 7.35. The minimum Gasteiger partial charge on any atom is -0.383 e. The molecule has 1 N–H and O–H groups in total. The Kier molecular flexibility index (Phi) is 4.69. The standard InChI is InChI=1S/C13H18N4O3S/c1-5-8(2)21-13-14-10-9(17(13)6-7-20-4)11(18)15-12(19)16(10)3/h5,8H,1,6-7H2,2-4H3,(H,15,18,19). The molecule has 0 fully saturated rings. The summed E-state index contributed by atoms with van der Waals surface area (Å²) < 4.78 is 8.20. The highest BCUT2D eigenvalue weighted by Crippen LogP contribution is 2.25. The molecular weight excluding hydrogens is 292 g/mol. The highest BCUT2D eigenvalue weighted by Gasteiger charge is 2.18. The van der Waals surface area contributed by atoms with Crippen molar-refractivity contribution in [2.24, 2.45) is 7.05 Å². The number of hydrogen-bond donors (Lipinski definition) is 1. The quantitative estimate of drug-likeness (QED) is 0.628. The zero-order valence-corrected chi connectivity index (χ0v) is 13.1. The van der Waals surface area contributed by atoms with Crippen LogP contribution in [0.4, 0.5) is 0 Å². The number of nitrogens with one attached hydrogen (secondary N) is 1. The summed E-state index contributed by atoms with van der Waals surface area (Å²) in [6, 6.07) is 0. The van der Waals surface area contributed by atoms with Gasteiger partial charge < -0.3 is 9.30 Å². The van der Waals surface area contributed by atoms with E-state index in [1.807, 2.05) is 6.92 Å². The molecule has 2 aromatic heterocycles.